The Bertz CT molecular complexity index is 608. The average molecular weight is 347 g/mol. The van der Waals surface area contributed by atoms with Gasteiger partial charge in [0, 0.05) is 5.56 Å². The van der Waals surface area contributed by atoms with Crippen molar-refractivity contribution in [3.05, 3.63) is 35.6 Å². The van der Waals surface area contributed by atoms with Crippen molar-refractivity contribution in [2.24, 2.45) is 5.92 Å². The van der Waals surface area contributed by atoms with Crippen molar-refractivity contribution in [1.82, 2.24) is 0 Å². The lowest BCUT2D eigenvalue weighted by Crippen LogP contribution is -2.33. The molecule has 0 saturated heterocycles. The maximum atomic E-state index is 14.0. The summed E-state index contributed by atoms with van der Waals surface area (Å²) in [4.78, 5) is 25.0. The number of benzene rings is 1. The number of ether oxygens (including phenoxy) is 1. The summed E-state index contributed by atoms with van der Waals surface area (Å²) in [5.74, 6) is -3.98. The third kappa shape index (κ3) is 3.79. The smallest absolute Gasteiger partial charge is 0.321 e. The molecule has 0 radical (unpaired) electrons. The minimum Gasteiger partial charge on any atom is -0.459 e. The molecule has 0 heterocycles. The molecule has 0 aliphatic heterocycles. The number of rotatable bonds is 4. The Morgan fingerprint density at radius 1 is 1.32 bits per heavy atom. The minimum absolute atomic E-state index is 0.0159. The van der Waals surface area contributed by atoms with E-state index in [0.29, 0.717) is 0 Å². The summed E-state index contributed by atoms with van der Waals surface area (Å²) < 4.78 is 18.1. The predicted octanol–water partition coefficient (Wildman–Crippen LogP) is 4.01. The molecule has 6 heteroatoms. The van der Waals surface area contributed by atoms with Gasteiger partial charge in [0.1, 0.15) is 21.7 Å². The monoisotopic (exact) mass is 346 g/mol. The van der Waals surface area contributed by atoms with Crippen molar-refractivity contribution in [3.63, 3.8) is 0 Å². The SMILES string of the molecule is CC(C)(C)OC(=O)C(C(=O)C1CC1(Cl)Cl)c1ccccc1F. The van der Waals surface area contributed by atoms with Crippen LogP contribution in [0.1, 0.15) is 38.7 Å². The van der Waals surface area contributed by atoms with Gasteiger partial charge >= 0.3 is 5.97 Å². The highest BCUT2D eigenvalue weighted by Crippen LogP contribution is 2.55. The molecule has 2 unspecified atom stereocenters. The Kier molecular flexibility index (Phi) is 4.56. The first-order chi connectivity index (χ1) is 10.0. The summed E-state index contributed by atoms with van der Waals surface area (Å²) in [5, 5.41) is 0. The third-order valence-electron chi connectivity index (χ3n) is 3.31. The van der Waals surface area contributed by atoms with Crippen LogP contribution in [0.2, 0.25) is 0 Å². The summed E-state index contributed by atoms with van der Waals surface area (Å²) in [5.41, 5.74) is -0.804. The van der Waals surface area contributed by atoms with Crippen LogP contribution in [0.4, 0.5) is 4.39 Å². The highest BCUT2D eigenvalue weighted by Gasteiger charge is 2.59. The van der Waals surface area contributed by atoms with Crippen LogP contribution in [0.3, 0.4) is 0 Å². The van der Waals surface area contributed by atoms with Crippen molar-refractivity contribution in [3.8, 4) is 0 Å². The van der Waals surface area contributed by atoms with Crippen LogP contribution in [-0.2, 0) is 14.3 Å². The molecule has 2 rings (SSSR count). The first kappa shape index (κ1) is 17.2. The second-order valence-electron chi connectivity index (χ2n) is 6.41. The fourth-order valence-electron chi connectivity index (χ4n) is 2.19. The van der Waals surface area contributed by atoms with Crippen LogP contribution >= 0.6 is 23.2 Å². The largest absolute Gasteiger partial charge is 0.459 e. The lowest BCUT2D eigenvalue weighted by atomic mass is 9.91. The Balaban J connectivity index is 2.35. The molecule has 0 aromatic heterocycles. The predicted molar refractivity (Wildman–Crippen MR) is 82.5 cm³/mol. The van der Waals surface area contributed by atoms with E-state index in [9.17, 15) is 14.0 Å². The Morgan fingerprint density at radius 3 is 2.32 bits per heavy atom. The molecular formula is C16H17Cl2FO3. The lowest BCUT2D eigenvalue weighted by Gasteiger charge is -2.24. The van der Waals surface area contributed by atoms with Crippen LogP contribution in [0.5, 0.6) is 0 Å². The zero-order chi connectivity index (χ0) is 16.7. The first-order valence-electron chi connectivity index (χ1n) is 6.92. The van der Waals surface area contributed by atoms with Gasteiger partial charge in [-0.1, -0.05) is 18.2 Å². The van der Waals surface area contributed by atoms with E-state index in [-0.39, 0.29) is 12.0 Å². The molecule has 0 N–H and O–H groups in total. The summed E-state index contributed by atoms with van der Waals surface area (Å²) in [6.45, 7) is 5.04. The normalized spacial score (nSPS) is 21.1. The first-order valence-corrected chi connectivity index (χ1v) is 7.67. The Morgan fingerprint density at radius 2 is 1.86 bits per heavy atom. The van der Waals surface area contributed by atoms with Crippen LogP contribution < -0.4 is 0 Å². The van der Waals surface area contributed by atoms with Gasteiger partial charge in [0.2, 0.25) is 0 Å². The van der Waals surface area contributed by atoms with Gasteiger partial charge in [-0.15, -0.1) is 23.2 Å². The van der Waals surface area contributed by atoms with Crippen LogP contribution in [0.25, 0.3) is 0 Å². The number of halogens is 3. The topological polar surface area (TPSA) is 43.4 Å². The second kappa shape index (κ2) is 5.82. The van der Waals surface area contributed by atoms with E-state index in [2.05, 4.69) is 0 Å². The number of carbonyl (C=O) groups is 2. The van der Waals surface area contributed by atoms with E-state index >= 15 is 0 Å². The maximum absolute atomic E-state index is 14.0. The zero-order valence-corrected chi connectivity index (χ0v) is 14.0. The van der Waals surface area contributed by atoms with Crippen molar-refractivity contribution in [2.75, 3.05) is 0 Å². The molecule has 1 aliphatic rings. The number of hydrogen-bond acceptors (Lipinski definition) is 3. The van der Waals surface area contributed by atoms with Gasteiger partial charge in [0.25, 0.3) is 0 Å². The number of carbonyl (C=O) groups excluding carboxylic acids is 2. The highest BCUT2D eigenvalue weighted by atomic mass is 35.5. The molecule has 1 aromatic carbocycles. The van der Waals surface area contributed by atoms with Gasteiger partial charge in [0.05, 0.1) is 5.92 Å². The fourth-order valence-corrected chi connectivity index (χ4v) is 2.71. The highest BCUT2D eigenvalue weighted by molar-refractivity contribution is 6.52. The summed E-state index contributed by atoms with van der Waals surface area (Å²) in [6, 6.07) is 5.64. The zero-order valence-electron chi connectivity index (χ0n) is 12.5. The third-order valence-corrected chi connectivity index (χ3v) is 4.15. The van der Waals surface area contributed by atoms with Crippen molar-refractivity contribution in [1.29, 1.82) is 0 Å². The van der Waals surface area contributed by atoms with E-state index in [1.165, 1.54) is 18.2 Å². The molecule has 22 heavy (non-hydrogen) atoms. The Hall–Kier alpha value is -1.13. The number of alkyl halides is 2. The van der Waals surface area contributed by atoms with Gasteiger partial charge in [-0.2, -0.15) is 0 Å². The van der Waals surface area contributed by atoms with E-state index in [1.54, 1.807) is 26.8 Å². The van der Waals surface area contributed by atoms with Crippen LogP contribution in [-0.4, -0.2) is 21.7 Å². The van der Waals surface area contributed by atoms with Gasteiger partial charge in [-0.25, -0.2) is 4.39 Å². The number of esters is 1. The molecule has 1 saturated carbocycles. The summed E-state index contributed by atoms with van der Waals surface area (Å²) in [7, 11) is 0. The molecule has 1 aromatic rings. The van der Waals surface area contributed by atoms with E-state index in [0.717, 1.165) is 0 Å². The molecule has 0 amide bonds. The molecule has 120 valence electrons. The molecule has 1 fully saturated rings. The lowest BCUT2D eigenvalue weighted by molar-refractivity contribution is -0.158. The van der Waals surface area contributed by atoms with Crippen LogP contribution in [0, 0.1) is 11.7 Å². The van der Waals surface area contributed by atoms with Gasteiger partial charge in [0.15, 0.2) is 5.78 Å². The van der Waals surface area contributed by atoms with E-state index < -0.39 is 39.3 Å². The Labute approximate surface area is 138 Å². The summed E-state index contributed by atoms with van der Waals surface area (Å²) in [6.07, 6.45) is 0.253. The molecule has 2 atom stereocenters. The average Bonchev–Trinajstić information content (AvgIpc) is 2.99. The minimum atomic E-state index is -1.36. The molecule has 3 nitrogen and oxygen atoms in total. The number of Topliss-reactive ketones (excluding diaryl/α,β-unsaturated/α-hetero) is 1. The molecule has 0 bridgehead atoms. The quantitative estimate of drug-likeness (QED) is 0.470. The van der Waals surface area contributed by atoms with Crippen molar-refractivity contribution < 1.29 is 18.7 Å². The molecular weight excluding hydrogens is 330 g/mol. The van der Waals surface area contributed by atoms with Gasteiger partial charge in [-0.05, 0) is 33.3 Å². The van der Waals surface area contributed by atoms with E-state index in [1.807, 2.05) is 0 Å². The maximum Gasteiger partial charge on any atom is 0.321 e. The van der Waals surface area contributed by atoms with E-state index in [4.69, 9.17) is 27.9 Å². The van der Waals surface area contributed by atoms with Gasteiger partial charge in [-0.3, -0.25) is 9.59 Å². The fraction of sp³-hybridized carbons (Fsp3) is 0.500. The van der Waals surface area contributed by atoms with Gasteiger partial charge < -0.3 is 4.74 Å². The molecule has 0 spiro atoms. The van der Waals surface area contributed by atoms with Crippen LogP contribution in [0.15, 0.2) is 24.3 Å². The van der Waals surface area contributed by atoms with Crippen molar-refractivity contribution >= 4 is 35.0 Å². The second-order valence-corrected chi connectivity index (χ2v) is 7.95. The standard InChI is InChI=1S/C16H17Cl2FO3/c1-15(2,3)22-14(21)12(9-6-4-5-7-11(9)19)13(20)10-8-16(10,17)18/h4-7,10,12H,8H2,1-3H3. The van der Waals surface area contributed by atoms with Crippen molar-refractivity contribution in [2.45, 2.75) is 43.0 Å². The number of hydrogen-bond donors (Lipinski definition) is 0. The molecule has 1 aliphatic carbocycles. The number of ketones is 1. The summed E-state index contributed by atoms with van der Waals surface area (Å²) >= 11 is 11.8.